The summed E-state index contributed by atoms with van der Waals surface area (Å²) in [6.07, 6.45) is 0. The zero-order valence-electron chi connectivity index (χ0n) is 15.1. The molecule has 6 rings (SSSR count). The molecule has 0 amide bonds. The Hall–Kier alpha value is -3.85. The van der Waals surface area contributed by atoms with Crippen LogP contribution in [0.4, 0.5) is 0 Å². The van der Waals surface area contributed by atoms with Crippen LogP contribution in [-0.4, -0.2) is 14.5 Å². The number of hydrogen-bond donors (Lipinski definition) is 1. The molecule has 0 bridgehead atoms. The van der Waals surface area contributed by atoms with Crippen molar-refractivity contribution in [3.63, 3.8) is 0 Å². The number of para-hydroxylation sites is 4. The van der Waals surface area contributed by atoms with Gasteiger partial charge in [0.25, 0.3) is 0 Å². The van der Waals surface area contributed by atoms with Crippen LogP contribution in [0.1, 0.15) is 0 Å². The molecule has 0 fully saturated rings. The van der Waals surface area contributed by atoms with E-state index in [0.717, 1.165) is 28.1 Å². The number of H-pyrrole nitrogens is 1. The van der Waals surface area contributed by atoms with E-state index < -0.39 is 0 Å². The second-order valence-electron chi connectivity index (χ2n) is 6.99. The number of nitrogens with zero attached hydrogens (tertiary/aromatic N) is 2. The van der Waals surface area contributed by atoms with Gasteiger partial charge < -0.3 is 9.55 Å². The van der Waals surface area contributed by atoms with E-state index in [4.69, 9.17) is 4.98 Å². The molecule has 0 radical (unpaired) electrons. The highest BCUT2D eigenvalue weighted by Gasteiger charge is 2.17. The van der Waals surface area contributed by atoms with Gasteiger partial charge in [-0.25, -0.2) is 4.98 Å². The maximum atomic E-state index is 4.86. The predicted molar refractivity (Wildman–Crippen MR) is 116 cm³/mol. The summed E-state index contributed by atoms with van der Waals surface area (Å²) in [6.45, 7) is 0. The maximum absolute atomic E-state index is 4.86. The second kappa shape index (κ2) is 5.83. The fourth-order valence-corrected chi connectivity index (χ4v) is 4.15. The van der Waals surface area contributed by atoms with Crippen molar-refractivity contribution < 1.29 is 0 Å². The molecule has 0 aliphatic carbocycles. The first kappa shape index (κ1) is 15.2. The normalized spacial score (nSPS) is 11.6. The number of aromatic amines is 1. The third-order valence-corrected chi connectivity index (χ3v) is 5.36. The molecule has 0 aliphatic rings. The Morgan fingerprint density at radius 1 is 0.643 bits per heavy atom. The summed E-state index contributed by atoms with van der Waals surface area (Å²) in [5, 5.41) is 2.46. The zero-order chi connectivity index (χ0) is 18.5. The van der Waals surface area contributed by atoms with Gasteiger partial charge in [0.2, 0.25) is 0 Å². The first-order chi connectivity index (χ1) is 13.9. The van der Waals surface area contributed by atoms with Crippen LogP contribution in [0.3, 0.4) is 0 Å². The van der Waals surface area contributed by atoms with Crippen molar-refractivity contribution in [1.29, 1.82) is 0 Å². The Morgan fingerprint density at radius 3 is 2.29 bits per heavy atom. The summed E-state index contributed by atoms with van der Waals surface area (Å²) in [7, 11) is 0. The summed E-state index contributed by atoms with van der Waals surface area (Å²) in [4.78, 5) is 8.35. The zero-order valence-corrected chi connectivity index (χ0v) is 15.1. The first-order valence-electron chi connectivity index (χ1n) is 9.43. The fourth-order valence-electron chi connectivity index (χ4n) is 4.15. The van der Waals surface area contributed by atoms with Crippen LogP contribution in [0.5, 0.6) is 0 Å². The predicted octanol–water partition coefficient (Wildman–Crippen LogP) is 6.33. The molecular weight excluding hydrogens is 342 g/mol. The highest BCUT2D eigenvalue weighted by molar-refractivity contribution is 6.15. The summed E-state index contributed by atoms with van der Waals surface area (Å²) in [5.74, 6) is 0.905. The van der Waals surface area contributed by atoms with Gasteiger partial charge >= 0.3 is 0 Å². The Bertz CT molecular complexity index is 1420. The number of aromatic nitrogens is 3. The quantitative estimate of drug-likeness (QED) is 0.385. The molecule has 1 N–H and O–H groups in total. The Balaban J connectivity index is 1.75. The van der Waals surface area contributed by atoms with E-state index >= 15 is 0 Å². The molecule has 0 unspecified atom stereocenters. The van der Waals surface area contributed by atoms with Gasteiger partial charge in [-0.3, -0.25) is 0 Å². The molecule has 3 heteroatoms. The highest BCUT2D eigenvalue weighted by Crippen LogP contribution is 2.37. The van der Waals surface area contributed by atoms with Crippen molar-refractivity contribution in [3.8, 4) is 17.1 Å². The lowest BCUT2D eigenvalue weighted by Gasteiger charge is -2.07. The van der Waals surface area contributed by atoms with Crippen LogP contribution in [0.25, 0.3) is 49.9 Å². The topological polar surface area (TPSA) is 33.6 Å². The third kappa shape index (κ3) is 2.13. The standard InChI is InChI=1S/C25H17N3/c1-2-9-17(10-3-1)28-22-15-7-4-11-18(22)24-19(12-8-16-23(24)28)25-26-20-13-5-6-14-21(20)27-25/h1-16H,(H,26,27). The molecule has 0 saturated carbocycles. The first-order valence-corrected chi connectivity index (χ1v) is 9.43. The van der Waals surface area contributed by atoms with Crippen LogP contribution in [-0.2, 0) is 0 Å². The van der Waals surface area contributed by atoms with Gasteiger partial charge in [0.05, 0.1) is 22.1 Å². The molecule has 2 aromatic heterocycles. The largest absolute Gasteiger partial charge is 0.338 e. The molecule has 132 valence electrons. The van der Waals surface area contributed by atoms with Crippen molar-refractivity contribution in [3.05, 3.63) is 97.1 Å². The Kier molecular flexibility index (Phi) is 3.17. The van der Waals surface area contributed by atoms with Crippen LogP contribution in [0.15, 0.2) is 97.1 Å². The van der Waals surface area contributed by atoms with E-state index in [1.54, 1.807) is 0 Å². The average Bonchev–Trinajstić information content (AvgIpc) is 3.33. The number of nitrogens with one attached hydrogen (secondary N) is 1. The van der Waals surface area contributed by atoms with Gasteiger partial charge in [-0.15, -0.1) is 0 Å². The summed E-state index contributed by atoms with van der Waals surface area (Å²) in [5.41, 5.74) is 6.72. The fraction of sp³-hybridized carbons (Fsp3) is 0. The molecular formula is C25H17N3. The van der Waals surface area contributed by atoms with Crippen LogP contribution < -0.4 is 0 Å². The van der Waals surface area contributed by atoms with Crippen molar-refractivity contribution in [1.82, 2.24) is 14.5 Å². The SMILES string of the molecule is c1ccc(-n2c3ccccc3c3c(-c4nc5ccccc5[nH]4)cccc32)cc1. The molecule has 0 spiro atoms. The number of imidazole rings is 1. The lowest BCUT2D eigenvalue weighted by Crippen LogP contribution is -1.93. The number of benzene rings is 4. The minimum atomic E-state index is 0.905. The van der Waals surface area contributed by atoms with Gasteiger partial charge in [0.15, 0.2) is 0 Å². The second-order valence-corrected chi connectivity index (χ2v) is 6.99. The third-order valence-electron chi connectivity index (χ3n) is 5.36. The van der Waals surface area contributed by atoms with E-state index in [2.05, 4.69) is 88.4 Å². The van der Waals surface area contributed by atoms with Gasteiger partial charge in [0.1, 0.15) is 5.82 Å². The lowest BCUT2D eigenvalue weighted by molar-refractivity contribution is 1.18. The molecule has 0 aliphatic heterocycles. The maximum Gasteiger partial charge on any atom is 0.139 e. The van der Waals surface area contributed by atoms with Crippen LogP contribution >= 0.6 is 0 Å². The summed E-state index contributed by atoms with van der Waals surface area (Å²) in [6, 6.07) is 33.7. The van der Waals surface area contributed by atoms with E-state index in [1.165, 1.54) is 21.8 Å². The Labute approximate surface area is 161 Å². The van der Waals surface area contributed by atoms with E-state index in [0.29, 0.717) is 0 Å². The minimum absolute atomic E-state index is 0.905. The summed E-state index contributed by atoms with van der Waals surface area (Å²) < 4.78 is 2.33. The van der Waals surface area contributed by atoms with Crippen LogP contribution in [0.2, 0.25) is 0 Å². The van der Waals surface area contributed by atoms with E-state index in [9.17, 15) is 0 Å². The molecule has 6 aromatic rings. The van der Waals surface area contributed by atoms with Gasteiger partial charge in [-0.05, 0) is 36.4 Å². The van der Waals surface area contributed by atoms with Crippen molar-refractivity contribution >= 4 is 32.8 Å². The van der Waals surface area contributed by atoms with Gasteiger partial charge in [0, 0.05) is 22.0 Å². The molecule has 2 heterocycles. The monoisotopic (exact) mass is 359 g/mol. The summed E-state index contributed by atoms with van der Waals surface area (Å²) >= 11 is 0. The van der Waals surface area contributed by atoms with Gasteiger partial charge in [-0.2, -0.15) is 0 Å². The van der Waals surface area contributed by atoms with Crippen molar-refractivity contribution in [2.75, 3.05) is 0 Å². The van der Waals surface area contributed by atoms with Crippen molar-refractivity contribution in [2.45, 2.75) is 0 Å². The highest BCUT2D eigenvalue weighted by atomic mass is 15.0. The molecule has 28 heavy (non-hydrogen) atoms. The Morgan fingerprint density at radius 2 is 1.39 bits per heavy atom. The number of hydrogen-bond acceptors (Lipinski definition) is 1. The van der Waals surface area contributed by atoms with Crippen LogP contribution in [0, 0.1) is 0 Å². The number of rotatable bonds is 2. The van der Waals surface area contributed by atoms with E-state index in [1.807, 2.05) is 18.2 Å². The lowest BCUT2D eigenvalue weighted by atomic mass is 10.1. The molecule has 0 saturated heterocycles. The molecule has 4 aromatic carbocycles. The number of fused-ring (bicyclic) bond motifs is 4. The smallest absolute Gasteiger partial charge is 0.139 e. The van der Waals surface area contributed by atoms with Gasteiger partial charge in [-0.1, -0.05) is 60.7 Å². The van der Waals surface area contributed by atoms with E-state index in [-0.39, 0.29) is 0 Å². The molecule has 0 atom stereocenters. The minimum Gasteiger partial charge on any atom is -0.338 e. The van der Waals surface area contributed by atoms with Crippen molar-refractivity contribution in [2.24, 2.45) is 0 Å². The molecule has 3 nitrogen and oxygen atoms in total. The average molecular weight is 359 g/mol.